The first kappa shape index (κ1) is 15.2. The average molecular weight is 299 g/mol. The first-order chi connectivity index (χ1) is 9.88. The zero-order valence-corrected chi connectivity index (χ0v) is 11.3. The van der Waals surface area contributed by atoms with Gasteiger partial charge in [-0.1, -0.05) is 6.92 Å². The lowest BCUT2D eigenvalue weighted by molar-refractivity contribution is -0.144. The predicted molar refractivity (Wildman–Crippen MR) is 69.3 cm³/mol. The summed E-state index contributed by atoms with van der Waals surface area (Å²) in [6.07, 6.45) is 0. The van der Waals surface area contributed by atoms with E-state index in [0.717, 1.165) is 0 Å². The van der Waals surface area contributed by atoms with Crippen LogP contribution in [0.3, 0.4) is 0 Å². The number of likely N-dealkylation sites (tertiary alicyclic amines) is 1. The van der Waals surface area contributed by atoms with E-state index >= 15 is 0 Å². The van der Waals surface area contributed by atoms with Crippen molar-refractivity contribution >= 4 is 11.9 Å². The molecule has 1 aliphatic heterocycles. The minimum Gasteiger partial charge on any atom is -0.481 e. The van der Waals surface area contributed by atoms with E-state index in [1.54, 1.807) is 6.92 Å². The maximum atomic E-state index is 12.1. The van der Waals surface area contributed by atoms with Crippen molar-refractivity contribution in [1.29, 1.82) is 0 Å². The maximum Gasteiger partial charge on any atom is 0.387 e. The second-order valence-corrected chi connectivity index (χ2v) is 5.00. The summed E-state index contributed by atoms with van der Waals surface area (Å²) >= 11 is 0. The highest BCUT2D eigenvalue weighted by Crippen LogP contribution is 2.26. The van der Waals surface area contributed by atoms with E-state index in [0.29, 0.717) is 18.7 Å². The number of rotatable bonds is 5. The van der Waals surface area contributed by atoms with Crippen LogP contribution in [-0.4, -0.2) is 41.6 Å². The van der Waals surface area contributed by atoms with Gasteiger partial charge in [0, 0.05) is 24.6 Å². The molecular formula is C14H15F2NO4. The fraction of sp³-hybridized carbons (Fsp3) is 0.429. The number of hydrogen-bond donors (Lipinski definition) is 1. The molecule has 21 heavy (non-hydrogen) atoms. The van der Waals surface area contributed by atoms with E-state index in [4.69, 9.17) is 5.11 Å². The molecule has 1 atom stereocenters. The van der Waals surface area contributed by atoms with Gasteiger partial charge in [-0.15, -0.1) is 0 Å². The number of aliphatic carboxylic acids is 1. The van der Waals surface area contributed by atoms with Crippen molar-refractivity contribution in [1.82, 2.24) is 4.90 Å². The smallest absolute Gasteiger partial charge is 0.387 e. The normalized spacial score (nSPS) is 16.5. The van der Waals surface area contributed by atoms with E-state index in [9.17, 15) is 18.4 Å². The van der Waals surface area contributed by atoms with Crippen molar-refractivity contribution in [3.05, 3.63) is 29.8 Å². The van der Waals surface area contributed by atoms with Crippen LogP contribution in [0.1, 0.15) is 17.3 Å². The Morgan fingerprint density at radius 1 is 1.29 bits per heavy atom. The van der Waals surface area contributed by atoms with Gasteiger partial charge in [0.05, 0.1) is 5.92 Å². The predicted octanol–water partition coefficient (Wildman–Crippen LogP) is 2.08. The number of carbonyl (C=O) groups is 2. The number of nitrogens with zero attached hydrogens (tertiary/aromatic N) is 1. The maximum absolute atomic E-state index is 12.1. The number of carboxylic acid groups (broad SMARTS) is 1. The molecule has 2 rings (SSSR count). The Morgan fingerprint density at radius 3 is 2.33 bits per heavy atom. The van der Waals surface area contributed by atoms with Crippen LogP contribution >= 0.6 is 0 Å². The summed E-state index contributed by atoms with van der Waals surface area (Å²) < 4.78 is 28.2. The Bertz CT molecular complexity index is 526. The molecule has 1 aromatic carbocycles. The van der Waals surface area contributed by atoms with Gasteiger partial charge in [-0.2, -0.15) is 8.78 Å². The molecule has 1 saturated heterocycles. The SMILES string of the molecule is CC(C(=O)O)C1CN(C(=O)c2ccc(OC(F)F)cc2)C1. The van der Waals surface area contributed by atoms with Gasteiger partial charge in [-0.25, -0.2) is 0 Å². The third kappa shape index (κ3) is 3.48. The van der Waals surface area contributed by atoms with Crippen LogP contribution in [-0.2, 0) is 4.79 Å². The van der Waals surface area contributed by atoms with Crippen LogP contribution < -0.4 is 4.74 Å². The highest BCUT2D eigenvalue weighted by molar-refractivity contribution is 5.95. The number of amides is 1. The van der Waals surface area contributed by atoms with Crippen LogP contribution in [0.25, 0.3) is 0 Å². The number of carbonyl (C=O) groups excluding carboxylic acids is 1. The molecule has 0 radical (unpaired) electrons. The summed E-state index contributed by atoms with van der Waals surface area (Å²) in [5, 5.41) is 8.88. The van der Waals surface area contributed by atoms with Gasteiger partial charge in [0.25, 0.3) is 5.91 Å². The molecular weight excluding hydrogens is 284 g/mol. The number of carboxylic acids is 1. The standard InChI is InChI=1S/C14H15F2NO4/c1-8(13(19)20)10-6-17(7-10)12(18)9-2-4-11(5-3-9)21-14(15)16/h2-5,8,10,14H,6-7H2,1H3,(H,19,20). The molecule has 1 heterocycles. The highest BCUT2D eigenvalue weighted by atomic mass is 19.3. The van der Waals surface area contributed by atoms with Crippen molar-refractivity contribution in [2.75, 3.05) is 13.1 Å². The molecule has 0 saturated carbocycles. The molecule has 1 N–H and O–H groups in total. The summed E-state index contributed by atoms with van der Waals surface area (Å²) in [5.74, 6) is -1.67. The zero-order valence-electron chi connectivity index (χ0n) is 11.3. The molecule has 5 nitrogen and oxygen atoms in total. The summed E-state index contributed by atoms with van der Waals surface area (Å²) in [7, 11) is 0. The van der Waals surface area contributed by atoms with Crippen LogP contribution in [0.2, 0.25) is 0 Å². The number of halogens is 2. The Morgan fingerprint density at radius 2 is 1.86 bits per heavy atom. The lowest BCUT2D eigenvalue weighted by atomic mass is 9.86. The first-order valence-electron chi connectivity index (χ1n) is 6.45. The molecule has 0 spiro atoms. The van der Waals surface area contributed by atoms with Crippen molar-refractivity contribution in [2.45, 2.75) is 13.5 Å². The second kappa shape index (κ2) is 6.07. The number of hydrogen-bond acceptors (Lipinski definition) is 3. The van der Waals surface area contributed by atoms with Gasteiger partial charge in [-0.05, 0) is 24.3 Å². The van der Waals surface area contributed by atoms with Gasteiger partial charge in [0.2, 0.25) is 0 Å². The van der Waals surface area contributed by atoms with Gasteiger partial charge in [0.1, 0.15) is 5.75 Å². The third-order valence-electron chi connectivity index (χ3n) is 3.62. The van der Waals surface area contributed by atoms with Crippen LogP contribution in [0, 0.1) is 11.8 Å². The summed E-state index contributed by atoms with van der Waals surface area (Å²) in [6.45, 7) is -0.505. The lowest BCUT2D eigenvalue weighted by Gasteiger charge is -2.41. The van der Waals surface area contributed by atoms with Crippen LogP contribution in [0.15, 0.2) is 24.3 Å². The summed E-state index contributed by atoms with van der Waals surface area (Å²) in [6, 6.07) is 5.43. The molecule has 1 amide bonds. The quantitative estimate of drug-likeness (QED) is 0.904. The molecule has 0 aliphatic carbocycles. The van der Waals surface area contributed by atoms with Crippen molar-refractivity contribution in [3.8, 4) is 5.75 Å². The van der Waals surface area contributed by atoms with Crippen molar-refractivity contribution in [3.63, 3.8) is 0 Å². The number of benzene rings is 1. The third-order valence-corrected chi connectivity index (χ3v) is 3.62. The molecule has 1 aromatic rings. The van der Waals surface area contributed by atoms with Crippen molar-refractivity contribution in [2.24, 2.45) is 11.8 Å². The summed E-state index contributed by atoms with van der Waals surface area (Å²) in [5.41, 5.74) is 0.359. The van der Waals surface area contributed by atoms with Gasteiger partial charge in [0.15, 0.2) is 0 Å². The average Bonchev–Trinajstić information content (AvgIpc) is 2.36. The monoisotopic (exact) mass is 299 g/mol. The fourth-order valence-electron chi connectivity index (χ4n) is 2.16. The van der Waals surface area contributed by atoms with E-state index < -0.39 is 18.5 Å². The summed E-state index contributed by atoms with van der Waals surface area (Å²) in [4.78, 5) is 24.4. The number of alkyl halides is 2. The van der Waals surface area contributed by atoms with Gasteiger partial charge < -0.3 is 14.7 Å². The molecule has 1 aliphatic rings. The Hall–Kier alpha value is -2.18. The van der Waals surface area contributed by atoms with E-state index in [1.807, 2.05) is 0 Å². The molecule has 114 valence electrons. The largest absolute Gasteiger partial charge is 0.481 e. The van der Waals surface area contributed by atoms with Crippen molar-refractivity contribution < 1.29 is 28.2 Å². The van der Waals surface area contributed by atoms with Gasteiger partial charge >= 0.3 is 12.6 Å². The van der Waals surface area contributed by atoms with E-state index in [-0.39, 0.29) is 17.6 Å². The first-order valence-corrected chi connectivity index (χ1v) is 6.45. The Balaban J connectivity index is 1.92. The molecule has 1 unspecified atom stereocenters. The van der Waals surface area contributed by atoms with Crippen LogP contribution in [0.5, 0.6) is 5.75 Å². The van der Waals surface area contributed by atoms with E-state index in [1.165, 1.54) is 29.2 Å². The number of ether oxygens (including phenoxy) is 1. The molecule has 1 fully saturated rings. The van der Waals surface area contributed by atoms with Gasteiger partial charge in [-0.3, -0.25) is 9.59 Å². The molecule has 0 bridgehead atoms. The highest BCUT2D eigenvalue weighted by Gasteiger charge is 2.37. The Kier molecular flexibility index (Phi) is 4.40. The molecule has 7 heteroatoms. The second-order valence-electron chi connectivity index (χ2n) is 5.00. The van der Waals surface area contributed by atoms with Crippen LogP contribution in [0.4, 0.5) is 8.78 Å². The minimum absolute atomic E-state index is 0.0115. The van der Waals surface area contributed by atoms with E-state index in [2.05, 4.69) is 4.74 Å². The fourth-order valence-corrected chi connectivity index (χ4v) is 2.16. The molecule has 0 aromatic heterocycles. The topological polar surface area (TPSA) is 66.8 Å². The minimum atomic E-state index is -2.90. The zero-order chi connectivity index (χ0) is 15.6. The Labute approximate surface area is 120 Å². The lowest BCUT2D eigenvalue weighted by Crippen LogP contribution is -2.53.